The van der Waals surface area contributed by atoms with Gasteiger partial charge in [-0.1, -0.05) is 0 Å². The summed E-state index contributed by atoms with van der Waals surface area (Å²) in [5.74, 6) is 2.08. The first-order valence-electron chi connectivity index (χ1n) is 4.71. The van der Waals surface area contributed by atoms with Crippen LogP contribution in [0.25, 0.3) is 5.65 Å². The van der Waals surface area contributed by atoms with Crippen LogP contribution < -0.4 is 5.32 Å². The van der Waals surface area contributed by atoms with Crippen molar-refractivity contribution in [1.29, 1.82) is 0 Å². The Kier molecular flexibility index (Phi) is 2.73. The fraction of sp³-hybridized carbons (Fsp3) is 0.444. The molecule has 0 saturated heterocycles. The highest BCUT2D eigenvalue weighted by Crippen LogP contribution is 2.13. The molecule has 0 bridgehead atoms. The van der Waals surface area contributed by atoms with Gasteiger partial charge in [-0.25, -0.2) is 4.98 Å². The molecule has 2 aromatic heterocycles. The van der Waals surface area contributed by atoms with Gasteiger partial charge in [-0.2, -0.15) is 0 Å². The quantitative estimate of drug-likeness (QED) is 0.804. The molecule has 2 aromatic rings. The molecule has 2 heterocycles. The monoisotopic (exact) mass is 225 g/mol. The number of hydrogen-bond donors (Lipinski definition) is 1. The molecule has 0 fully saturated rings. The highest BCUT2D eigenvalue weighted by atomic mass is 35.5. The minimum absolute atomic E-state index is 0.155. The fourth-order valence-corrected chi connectivity index (χ4v) is 1.39. The third-order valence-electron chi connectivity index (χ3n) is 2.11. The van der Waals surface area contributed by atoms with E-state index in [2.05, 4.69) is 20.5 Å². The van der Waals surface area contributed by atoms with Gasteiger partial charge in [0.1, 0.15) is 5.82 Å². The van der Waals surface area contributed by atoms with Gasteiger partial charge in [-0.05, 0) is 13.8 Å². The summed E-state index contributed by atoms with van der Waals surface area (Å²) in [5, 5.41) is 11.2. The molecular weight excluding hydrogens is 214 g/mol. The SMILES string of the molecule is Cc1nnc2c(NC(C)CCl)nccn12. The molecule has 80 valence electrons. The molecule has 5 nitrogen and oxygen atoms in total. The minimum atomic E-state index is 0.155. The van der Waals surface area contributed by atoms with Gasteiger partial charge in [0.05, 0.1) is 0 Å². The first-order chi connectivity index (χ1) is 7.22. The van der Waals surface area contributed by atoms with Gasteiger partial charge in [-0.3, -0.25) is 4.40 Å². The van der Waals surface area contributed by atoms with Crippen molar-refractivity contribution in [2.45, 2.75) is 19.9 Å². The van der Waals surface area contributed by atoms with Crippen LogP contribution in [0.4, 0.5) is 5.82 Å². The van der Waals surface area contributed by atoms with Crippen LogP contribution in [0.3, 0.4) is 0 Å². The van der Waals surface area contributed by atoms with E-state index >= 15 is 0 Å². The highest BCUT2D eigenvalue weighted by Gasteiger charge is 2.09. The maximum atomic E-state index is 5.73. The van der Waals surface area contributed by atoms with Crippen LogP contribution in [0, 0.1) is 6.92 Å². The van der Waals surface area contributed by atoms with Crippen molar-refractivity contribution in [2.75, 3.05) is 11.2 Å². The molecule has 0 aromatic carbocycles. The van der Waals surface area contributed by atoms with Gasteiger partial charge in [0.15, 0.2) is 5.82 Å². The molecule has 0 aliphatic carbocycles. The zero-order chi connectivity index (χ0) is 10.8. The van der Waals surface area contributed by atoms with E-state index in [-0.39, 0.29) is 6.04 Å². The van der Waals surface area contributed by atoms with E-state index in [0.717, 1.165) is 11.5 Å². The molecule has 0 saturated carbocycles. The molecule has 1 unspecified atom stereocenters. The van der Waals surface area contributed by atoms with Crippen LogP contribution in [0.2, 0.25) is 0 Å². The molecule has 0 aliphatic heterocycles. The van der Waals surface area contributed by atoms with Crippen LogP contribution in [0.5, 0.6) is 0 Å². The van der Waals surface area contributed by atoms with E-state index in [4.69, 9.17) is 11.6 Å². The van der Waals surface area contributed by atoms with Gasteiger partial charge in [0.2, 0.25) is 5.65 Å². The van der Waals surface area contributed by atoms with Gasteiger partial charge < -0.3 is 5.32 Å². The van der Waals surface area contributed by atoms with Gasteiger partial charge >= 0.3 is 0 Å². The Morgan fingerprint density at radius 3 is 3.07 bits per heavy atom. The predicted octanol–water partition coefficient (Wildman–Crippen LogP) is 1.47. The molecular formula is C9H12ClN5. The second-order valence-corrected chi connectivity index (χ2v) is 3.72. The van der Waals surface area contributed by atoms with Gasteiger partial charge in [0.25, 0.3) is 0 Å². The fourth-order valence-electron chi connectivity index (χ4n) is 1.32. The average molecular weight is 226 g/mol. The third-order valence-corrected chi connectivity index (χ3v) is 2.57. The number of hydrogen-bond acceptors (Lipinski definition) is 4. The zero-order valence-corrected chi connectivity index (χ0v) is 9.36. The highest BCUT2D eigenvalue weighted by molar-refractivity contribution is 6.18. The van der Waals surface area contributed by atoms with Crippen molar-refractivity contribution in [3.63, 3.8) is 0 Å². The molecule has 0 spiro atoms. The third kappa shape index (κ3) is 1.87. The molecule has 1 N–H and O–H groups in total. The summed E-state index contributed by atoms with van der Waals surface area (Å²) in [7, 11) is 0. The van der Waals surface area contributed by atoms with Crippen LogP contribution in [-0.2, 0) is 0 Å². The van der Waals surface area contributed by atoms with Crippen LogP contribution in [0.15, 0.2) is 12.4 Å². The maximum absolute atomic E-state index is 5.73. The summed E-state index contributed by atoms with van der Waals surface area (Å²) in [6, 6.07) is 0.155. The molecule has 0 aliphatic rings. The van der Waals surface area contributed by atoms with Crippen LogP contribution >= 0.6 is 11.6 Å². The number of anilines is 1. The van der Waals surface area contributed by atoms with Crippen molar-refractivity contribution < 1.29 is 0 Å². The number of aryl methyl sites for hydroxylation is 1. The summed E-state index contributed by atoms with van der Waals surface area (Å²) in [5.41, 5.74) is 0.729. The van der Waals surface area contributed by atoms with Crippen molar-refractivity contribution in [3.8, 4) is 0 Å². The first-order valence-corrected chi connectivity index (χ1v) is 5.24. The van der Waals surface area contributed by atoms with Crippen molar-refractivity contribution in [2.24, 2.45) is 0 Å². The number of nitrogens with zero attached hydrogens (tertiary/aromatic N) is 4. The van der Waals surface area contributed by atoms with Gasteiger partial charge in [0, 0.05) is 24.3 Å². The lowest BCUT2D eigenvalue weighted by Gasteiger charge is -2.10. The Balaban J connectivity index is 2.43. The lowest BCUT2D eigenvalue weighted by Crippen LogP contribution is -2.18. The standard InChI is InChI=1S/C9H12ClN5/c1-6(5-10)12-8-9-14-13-7(2)15(9)4-3-11-8/h3-4,6H,5H2,1-2H3,(H,11,12). The smallest absolute Gasteiger partial charge is 0.203 e. The zero-order valence-electron chi connectivity index (χ0n) is 8.61. The number of fused-ring (bicyclic) bond motifs is 1. The van der Waals surface area contributed by atoms with Crippen molar-refractivity contribution in [1.82, 2.24) is 19.6 Å². The number of alkyl halides is 1. The van der Waals surface area contributed by atoms with E-state index in [1.807, 2.05) is 24.4 Å². The summed E-state index contributed by atoms with van der Waals surface area (Å²) >= 11 is 5.73. The average Bonchev–Trinajstić information content (AvgIpc) is 2.62. The first kappa shape index (κ1) is 10.2. The van der Waals surface area contributed by atoms with Crippen molar-refractivity contribution in [3.05, 3.63) is 18.2 Å². The van der Waals surface area contributed by atoms with E-state index in [0.29, 0.717) is 11.7 Å². The van der Waals surface area contributed by atoms with E-state index < -0.39 is 0 Å². The molecule has 2 rings (SSSR count). The second-order valence-electron chi connectivity index (χ2n) is 3.42. The number of halogens is 1. The summed E-state index contributed by atoms with van der Waals surface area (Å²) in [6.07, 6.45) is 3.55. The summed E-state index contributed by atoms with van der Waals surface area (Å²) in [4.78, 5) is 4.22. The van der Waals surface area contributed by atoms with E-state index in [1.54, 1.807) is 6.20 Å². The Morgan fingerprint density at radius 2 is 2.33 bits per heavy atom. The topological polar surface area (TPSA) is 55.1 Å². The molecule has 15 heavy (non-hydrogen) atoms. The van der Waals surface area contributed by atoms with Crippen molar-refractivity contribution >= 4 is 23.1 Å². The Morgan fingerprint density at radius 1 is 1.53 bits per heavy atom. The Labute approximate surface area is 92.5 Å². The number of aromatic nitrogens is 4. The van der Waals surface area contributed by atoms with Crippen LogP contribution in [-0.4, -0.2) is 31.5 Å². The Hall–Kier alpha value is -1.36. The predicted molar refractivity (Wildman–Crippen MR) is 59.3 cm³/mol. The second kappa shape index (κ2) is 4.02. The lowest BCUT2D eigenvalue weighted by atomic mass is 10.4. The molecule has 1 atom stereocenters. The summed E-state index contributed by atoms with van der Waals surface area (Å²) < 4.78 is 1.89. The minimum Gasteiger partial charge on any atom is -0.363 e. The summed E-state index contributed by atoms with van der Waals surface area (Å²) in [6.45, 7) is 3.89. The van der Waals surface area contributed by atoms with E-state index in [1.165, 1.54) is 0 Å². The maximum Gasteiger partial charge on any atom is 0.203 e. The number of rotatable bonds is 3. The van der Waals surface area contributed by atoms with Crippen LogP contribution in [0.1, 0.15) is 12.7 Å². The molecule has 0 radical (unpaired) electrons. The molecule has 6 heteroatoms. The lowest BCUT2D eigenvalue weighted by molar-refractivity contribution is 0.893. The number of nitrogens with one attached hydrogen (secondary N) is 1. The molecule has 0 amide bonds. The van der Waals surface area contributed by atoms with Gasteiger partial charge in [-0.15, -0.1) is 21.8 Å². The Bertz CT molecular complexity index is 466. The normalized spacial score (nSPS) is 13.0. The largest absolute Gasteiger partial charge is 0.363 e. The van der Waals surface area contributed by atoms with E-state index in [9.17, 15) is 0 Å².